The lowest BCUT2D eigenvalue weighted by atomic mass is 10.2. The van der Waals surface area contributed by atoms with Gasteiger partial charge in [-0.05, 0) is 50.8 Å². The zero-order valence-electron chi connectivity index (χ0n) is 18.8. The Morgan fingerprint density at radius 3 is 2.48 bits per heavy atom. The molecular weight excluding hydrogens is 505 g/mol. The number of hydrogen-bond donors (Lipinski definition) is 2. The van der Waals surface area contributed by atoms with E-state index in [4.69, 9.17) is 9.73 Å². The number of benzene rings is 2. The first-order valence-electron chi connectivity index (χ1n) is 10.2. The number of para-hydroxylation sites is 1. The van der Waals surface area contributed by atoms with Gasteiger partial charge in [0.25, 0.3) is 0 Å². The van der Waals surface area contributed by atoms with Gasteiger partial charge in [-0.3, -0.25) is 4.79 Å². The number of halogens is 1. The highest BCUT2D eigenvalue weighted by Gasteiger charge is 2.07. The SMILES string of the molecule is CCNC(=NCc1cccc(NC(=O)CN(C)C)c1)N(C)CCOc1ccccc1.I. The summed E-state index contributed by atoms with van der Waals surface area (Å²) in [5.74, 6) is 1.64. The summed E-state index contributed by atoms with van der Waals surface area (Å²) in [6.45, 7) is 4.97. The lowest BCUT2D eigenvalue weighted by molar-refractivity contribution is -0.116. The predicted octanol–water partition coefficient (Wildman–Crippen LogP) is 3.28. The van der Waals surface area contributed by atoms with Crippen molar-refractivity contribution >= 4 is 41.5 Å². The van der Waals surface area contributed by atoms with Gasteiger partial charge in [0, 0.05) is 19.3 Å². The Morgan fingerprint density at radius 1 is 1.06 bits per heavy atom. The van der Waals surface area contributed by atoms with E-state index in [0.29, 0.717) is 26.2 Å². The summed E-state index contributed by atoms with van der Waals surface area (Å²) in [6.07, 6.45) is 0. The van der Waals surface area contributed by atoms with E-state index in [1.165, 1.54) is 0 Å². The van der Waals surface area contributed by atoms with Crippen molar-refractivity contribution in [2.24, 2.45) is 4.99 Å². The number of likely N-dealkylation sites (N-methyl/N-ethyl adjacent to an activating group) is 2. The fourth-order valence-corrected chi connectivity index (χ4v) is 2.79. The second kappa shape index (κ2) is 14.6. The normalized spacial score (nSPS) is 10.9. The summed E-state index contributed by atoms with van der Waals surface area (Å²) in [5, 5.41) is 6.24. The molecule has 0 aromatic heterocycles. The van der Waals surface area contributed by atoms with Gasteiger partial charge in [0.1, 0.15) is 12.4 Å². The number of carbonyl (C=O) groups excluding carboxylic acids is 1. The zero-order chi connectivity index (χ0) is 21.8. The minimum absolute atomic E-state index is 0. The zero-order valence-corrected chi connectivity index (χ0v) is 21.1. The lowest BCUT2D eigenvalue weighted by Gasteiger charge is -2.22. The number of ether oxygens (including phenoxy) is 1. The largest absolute Gasteiger partial charge is 0.492 e. The van der Waals surface area contributed by atoms with Gasteiger partial charge >= 0.3 is 0 Å². The number of rotatable bonds is 10. The Morgan fingerprint density at radius 2 is 1.81 bits per heavy atom. The molecule has 2 aromatic rings. The second-order valence-corrected chi connectivity index (χ2v) is 7.24. The maximum Gasteiger partial charge on any atom is 0.238 e. The number of anilines is 1. The van der Waals surface area contributed by atoms with Crippen LogP contribution in [0.1, 0.15) is 12.5 Å². The molecule has 2 aromatic carbocycles. The predicted molar refractivity (Wildman–Crippen MR) is 138 cm³/mol. The number of nitrogens with zero attached hydrogens (tertiary/aromatic N) is 3. The van der Waals surface area contributed by atoms with Crippen molar-refractivity contribution < 1.29 is 9.53 Å². The molecular formula is C23H34IN5O2. The molecule has 0 aliphatic rings. The molecule has 0 saturated carbocycles. The van der Waals surface area contributed by atoms with Gasteiger partial charge in [-0.1, -0.05) is 30.3 Å². The van der Waals surface area contributed by atoms with E-state index >= 15 is 0 Å². The molecule has 0 unspecified atom stereocenters. The lowest BCUT2D eigenvalue weighted by Crippen LogP contribution is -2.40. The Bertz CT molecular complexity index is 815. The van der Waals surface area contributed by atoms with Crippen molar-refractivity contribution in [1.29, 1.82) is 0 Å². The summed E-state index contributed by atoms with van der Waals surface area (Å²) in [5.41, 5.74) is 1.81. The fourth-order valence-electron chi connectivity index (χ4n) is 2.79. The molecule has 0 heterocycles. The van der Waals surface area contributed by atoms with E-state index < -0.39 is 0 Å². The average Bonchev–Trinajstić information content (AvgIpc) is 2.71. The molecule has 0 fully saturated rings. The highest BCUT2D eigenvalue weighted by atomic mass is 127. The van der Waals surface area contributed by atoms with Gasteiger partial charge in [0.05, 0.1) is 19.6 Å². The molecule has 0 atom stereocenters. The Kier molecular flexibility index (Phi) is 12.6. The van der Waals surface area contributed by atoms with E-state index in [1.807, 2.05) is 87.6 Å². The van der Waals surface area contributed by atoms with E-state index in [1.54, 1.807) is 0 Å². The minimum Gasteiger partial charge on any atom is -0.492 e. The van der Waals surface area contributed by atoms with Gasteiger partial charge in [0.2, 0.25) is 5.91 Å². The van der Waals surface area contributed by atoms with Crippen LogP contribution in [0.25, 0.3) is 0 Å². The molecule has 0 bridgehead atoms. The number of nitrogens with one attached hydrogen (secondary N) is 2. The van der Waals surface area contributed by atoms with E-state index in [0.717, 1.165) is 29.5 Å². The summed E-state index contributed by atoms with van der Waals surface area (Å²) < 4.78 is 5.78. The first kappa shape index (κ1) is 26.7. The van der Waals surface area contributed by atoms with E-state index in [2.05, 4.69) is 15.5 Å². The van der Waals surface area contributed by atoms with E-state index in [-0.39, 0.29) is 29.9 Å². The van der Waals surface area contributed by atoms with Crippen molar-refractivity contribution in [3.8, 4) is 5.75 Å². The summed E-state index contributed by atoms with van der Waals surface area (Å²) >= 11 is 0. The molecule has 0 radical (unpaired) electrons. The standard InChI is InChI=1S/C23H33N5O2.HI/c1-5-24-23(28(4)14-15-30-21-12-7-6-8-13-21)25-17-19-10-9-11-20(16-19)26-22(29)18-27(2)3;/h6-13,16H,5,14-15,17-18H2,1-4H3,(H,24,25)(H,26,29);1H. The Balaban J connectivity index is 0.00000480. The molecule has 170 valence electrons. The highest BCUT2D eigenvalue weighted by Crippen LogP contribution is 2.12. The molecule has 0 aliphatic carbocycles. The van der Waals surface area contributed by atoms with Gasteiger partial charge in [-0.25, -0.2) is 4.99 Å². The molecule has 2 N–H and O–H groups in total. The molecule has 0 saturated heterocycles. The molecule has 31 heavy (non-hydrogen) atoms. The van der Waals surface area contributed by atoms with Crippen molar-refractivity contribution in [1.82, 2.24) is 15.1 Å². The molecule has 0 aliphatic heterocycles. The van der Waals surface area contributed by atoms with Crippen LogP contribution >= 0.6 is 24.0 Å². The van der Waals surface area contributed by atoms with Crippen LogP contribution in [0.4, 0.5) is 5.69 Å². The van der Waals surface area contributed by atoms with Crippen LogP contribution in [-0.2, 0) is 11.3 Å². The van der Waals surface area contributed by atoms with Crippen LogP contribution < -0.4 is 15.4 Å². The van der Waals surface area contributed by atoms with Gasteiger partial charge in [-0.15, -0.1) is 24.0 Å². The van der Waals surface area contributed by atoms with Crippen LogP contribution in [0, 0.1) is 0 Å². The maximum absolute atomic E-state index is 12.0. The van der Waals surface area contributed by atoms with Crippen molar-refractivity contribution in [3.05, 3.63) is 60.2 Å². The number of amides is 1. The van der Waals surface area contributed by atoms with E-state index in [9.17, 15) is 4.79 Å². The van der Waals surface area contributed by atoms with Crippen LogP contribution in [0.5, 0.6) is 5.75 Å². The van der Waals surface area contributed by atoms with Crippen molar-refractivity contribution in [3.63, 3.8) is 0 Å². The third-order valence-corrected chi connectivity index (χ3v) is 4.22. The first-order chi connectivity index (χ1) is 14.5. The third kappa shape index (κ3) is 10.5. The average molecular weight is 539 g/mol. The molecule has 7 nitrogen and oxygen atoms in total. The van der Waals surface area contributed by atoms with Gasteiger partial charge in [-0.2, -0.15) is 0 Å². The summed E-state index contributed by atoms with van der Waals surface area (Å²) in [7, 11) is 5.73. The number of aliphatic imine (C=N–C) groups is 1. The fraction of sp³-hybridized carbons (Fsp3) is 0.391. The summed E-state index contributed by atoms with van der Waals surface area (Å²) in [4.78, 5) is 20.6. The van der Waals surface area contributed by atoms with Crippen LogP contribution in [-0.4, -0.2) is 69.1 Å². The smallest absolute Gasteiger partial charge is 0.238 e. The van der Waals surface area contributed by atoms with Crippen LogP contribution in [0.2, 0.25) is 0 Å². The minimum atomic E-state index is -0.0351. The topological polar surface area (TPSA) is 69.2 Å². The number of carbonyl (C=O) groups is 1. The molecule has 2 rings (SSSR count). The van der Waals surface area contributed by atoms with Crippen LogP contribution in [0.3, 0.4) is 0 Å². The Hall–Kier alpha value is -2.33. The van der Waals surface area contributed by atoms with Crippen molar-refractivity contribution in [2.75, 3.05) is 52.7 Å². The Labute approximate surface area is 202 Å². The van der Waals surface area contributed by atoms with Gasteiger partial charge < -0.3 is 25.2 Å². The molecule has 1 amide bonds. The highest BCUT2D eigenvalue weighted by molar-refractivity contribution is 14.0. The van der Waals surface area contributed by atoms with Crippen molar-refractivity contribution in [2.45, 2.75) is 13.5 Å². The first-order valence-corrected chi connectivity index (χ1v) is 10.2. The molecule has 8 heteroatoms. The number of hydrogen-bond acceptors (Lipinski definition) is 4. The summed E-state index contributed by atoms with van der Waals surface area (Å²) in [6, 6.07) is 17.6. The maximum atomic E-state index is 12.0. The third-order valence-electron chi connectivity index (χ3n) is 4.22. The monoisotopic (exact) mass is 539 g/mol. The quantitative estimate of drug-likeness (QED) is 0.276. The second-order valence-electron chi connectivity index (χ2n) is 7.24. The number of guanidine groups is 1. The van der Waals surface area contributed by atoms with Gasteiger partial charge in [0.15, 0.2) is 5.96 Å². The van der Waals surface area contributed by atoms with Crippen LogP contribution in [0.15, 0.2) is 59.6 Å². The molecule has 0 spiro atoms.